The number of anilines is 1. The van der Waals surface area contributed by atoms with Gasteiger partial charge in [0.25, 0.3) is 5.91 Å². The Labute approximate surface area is 169 Å². The molecule has 28 heavy (non-hydrogen) atoms. The minimum atomic E-state index is -0.341. The Morgan fingerprint density at radius 3 is 2.54 bits per heavy atom. The Kier molecular flexibility index (Phi) is 7.47. The van der Waals surface area contributed by atoms with Gasteiger partial charge < -0.3 is 9.73 Å². The number of amides is 2. The van der Waals surface area contributed by atoms with Gasteiger partial charge in [-0.1, -0.05) is 49.3 Å². The molecular formula is C20H26N4O3S. The quantitative estimate of drug-likeness (QED) is 0.710. The fourth-order valence-corrected chi connectivity index (χ4v) is 4.17. The van der Waals surface area contributed by atoms with Gasteiger partial charge in [-0.2, -0.15) is 0 Å². The van der Waals surface area contributed by atoms with E-state index in [1.165, 1.54) is 43.9 Å². The summed E-state index contributed by atoms with van der Waals surface area (Å²) in [6.07, 6.45) is 8.27. The first-order valence-corrected chi connectivity index (χ1v) is 10.7. The molecule has 0 saturated heterocycles. The zero-order chi connectivity index (χ0) is 19.8. The molecule has 0 spiro atoms. The number of hydrogen-bond donors (Lipinski definition) is 2. The molecule has 2 aromatic rings. The van der Waals surface area contributed by atoms with Gasteiger partial charge in [-0.3, -0.25) is 14.9 Å². The third-order valence-corrected chi connectivity index (χ3v) is 5.78. The second kappa shape index (κ2) is 10.3. The van der Waals surface area contributed by atoms with Crippen molar-refractivity contribution in [1.29, 1.82) is 0 Å². The lowest BCUT2D eigenvalue weighted by atomic mass is 9.97. The molecule has 0 atom stereocenters. The summed E-state index contributed by atoms with van der Waals surface area (Å²) < 4.78 is 5.19. The lowest BCUT2D eigenvalue weighted by Gasteiger charge is -2.21. The van der Waals surface area contributed by atoms with E-state index in [4.69, 9.17) is 4.42 Å². The second-order valence-corrected chi connectivity index (χ2v) is 7.99. The number of carbonyl (C=O) groups excluding carboxylic acids is 2. The van der Waals surface area contributed by atoms with Crippen LogP contribution in [0.15, 0.2) is 33.6 Å². The van der Waals surface area contributed by atoms with Crippen LogP contribution in [-0.4, -0.2) is 33.8 Å². The number of hydrogen-bond acceptors (Lipinski definition) is 6. The SMILES string of the molecule is Cc1nnc(NC(=O)c2ccccc2SCC(=O)NC2CCCCCCC2)o1. The molecule has 8 heteroatoms. The number of nitrogens with zero attached hydrogens (tertiary/aromatic N) is 2. The van der Waals surface area contributed by atoms with E-state index in [-0.39, 0.29) is 29.6 Å². The number of rotatable bonds is 6. The van der Waals surface area contributed by atoms with E-state index in [0.29, 0.717) is 11.5 Å². The maximum Gasteiger partial charge on any atom is 0.322 e. The van der Waals surface area contributed by atoms with Crippen molar-refractivity contribution in [2.75, 3.05) is 11.1 Å². The van der Waals surface area contributed by atoms with Crippen LogP contribution in [0.4, 0.5) is 6.01 Å². The molecule has 2 N–H and O–H groups in total. The van der Waals surface area contributed by atoms with E-state index >= 15 is 0 Å². The summed E-state index contributed by atoms with van der Waals surface area (Å²) in [5, 5.41) is 13.2. The van der Waals surface area contributed by atoms with Gasteiger partial charge in [0.2, 0.25) is 11.8 Å². The van der Waals surface area contributed by atoms with Crippen LogP contribution in [0.25, 0.3) is 0 Å². The van der Waals surface area contributed by atoms with Crippen LogP contribution in [0.3, 0.4) is 0 Å². The van der Waals surface area contributed by atoms with Crippen LogP contribution in [0.5, 0.6) is 0 Å². The Bertz CT molecular complexity index is 800. The fraction of sp³-hybridized carbons (Fsp3) is 0.500. The van der Waals surface area contributed by atoms with E-state index in [1.54, 1.807) is 19.1 Å². The first-order valence-electron chi connectivity index (χ1n) is 9.74. The fourth-order valence-electron chi connectivity index (χ4n) is 3.30. The van der Waals surface area contributed by atoms with Gasteiger partial charge in [0.1, 0.15) is 0 Å². The van der Waals surface area contributed by atoms with Crippen molar-refractivity contribution < 1.29 is 14.0 Å². The Morgan fingerprint density at radius 1 is 1.11 bits per heavy atom. The van der Waals surface area contributed by atoms with Crippen LogP contribution in [0, 0.1) is 6.92 Å². The number of thioether (sulfide) groups is 1. The summed E-state index contributed by atoms with van der Waals surface area (Å²) in [7, 11) is 0. The summed E-state index contributed by atoms with van der Waals surface area (Å²) in [6.45, 7) is 1.65. The van der Waals surface area contributed by atoms with Gasteiger partial charge in [0.15, 0.2) is 0 Å². The number of nitrogens with one attached hydrogen (secondary N) is 2. The highest BCUT2D eigenvalue weighted by molar-refractivity contribution is 8.00. The summed E-state index contributed by atoms with van der Waals surface area (Å²) in [5.41, 5.74) is 0.474. The Hall–Kier alpha value is -2.35. The molecule has 1 aromatic carbocycles. The highest BCUT2D eigenvalue weighted by Gasteiger charge is 2.17. The van der Waals surface area contributed by atoms with Crippen molar-refractivity contribution in [3.8, 4) is 0 Å². The lowest BCUT2D eigenvalue weighted by molar-refractivity contribution is -0.119. The summed E-state index contributed by atoms with van der Waals surface area (Å²) in [4.78, 5) is 25.7. The smallest absolute Gasteiger partial charge is 0.322 e. The molecule has 1 aliphatic rings. The average Bonchev–Trinajstić information content (AvgIpc) is 3.07. The van der Waals surface area contributed by atoms with Crippen LogP contribution < -0.4 is 10.6 Å². The highest BCUT2D eigenvalue weighted by atomic mass is 32.2. The van der Waals surface area contributed by atoms with Gasteiger partial charge in [-0.25, -0.2) is 0 Å². The Morgan fingerprint density at radius 2 is 1.82 bits per heavy atom. The highest BCUT2D eigenvalue weighted by Crippen LogP contribution is 2.24. The van der Waals surface area contributed by atoms with Crippen molar-refractivity contribution in [2.45, 2.75) is 62.8 Å². The van der Waals surface area contributed by atoms with Gasteiger partial charge in [-0.05, 0) is 25.0 Å². The number of benzene rings is 1. The molecule has 1 saturated carbocycles. The number of aryl methyl sites for hydroxylation is 1. The number of carbonyl (C=O) groups is 2. The van der Waals surface area contributed by atoms with Crippen molar-refractivity contribution in [3.63, 3.8) is 0 Å². The van der Waals surface area contributed by atoms with Gasteiger partial charge in [-0.15, -0.1) is 16.9 Å². The summed E-state index contributed by atoms with van der Waals surface area (Å²) >= 11 is 1.36. The van der Waals surface area contributed by atoms with Crippen molar-refractivity contribution in [2.24, 2.45) is 0 Å². The minimum Gasteiger partial charge on any atom is -0.408 e. The third-order valence-electron chi connectivity index (χ3n) is 4.71. The van der Waals surface area contributed by atoms with Crippen LogP contribution in [0.1, 0.15) is 61.2 Å². The van der Waals surface area contributed by atoms with Crippen LogP contribution in [0.2, 0.25) is 0 Å². The van der Waals surface area contributed by atoms with E-state index in [2.05, 4.69) is 20.8 Å². The van der Waals surface area contributed by atoms with Crippen molar-refractivity contribution in [1.82, 2.24) is 15.5 Å². The first kappa shape index (κ1) is 20.4. The maximum atomic E-state index is 12.5. The minimum absolute atomic E-state index is 0.0123. The molecule has 0 bridgehead atoms. The zero-order valence-electron chi connectivity index (χ0n) is 16.1. The molecule has 2 amide bonds. The van der Waals surface area contributed by atoms with Crippen molar-refractivity contribution in [3.05, 3.63) is 35.7 Å². The maximum absolute atomic E-state index is 12.5. The standard InChI is InChI=1S/C20H26N4O3S/c1-14-23-24-20(27-14)22-19(26)16-11-7-8-12-17(16)28-13-18(25)21-15-9-5-3-2-4-6-10-15/h7-8,11-12,15H,2-6,9-10,13H2,1H3,(H,21,25)(H,22,24,26). The van der Waals surface area contributed by atoms with Gasteiger partial charge in [0.05, 0.1) is 11.3 Å². The predicted octanol–water partition coefficient (Wildman–Crippen LogP) is 3.95. The molecule has 0 aliphatic heterocycles. The monoisotopic (exact) mass is 402 g/mol. The average molecular weight is 403 g/mol. The molecule has 3 rings (SSSR count). The van der Waals surface area contributed by atoms with Crippen LogP contribution in [-0.2, 0) is 4.79 Å². The van der Waals surface area contributed by atoms with Crippen LogP contribution >= 0.6 is 11.8 Å². The molecule has 150 valence electrons. The van der Waals surface area contributed by atoms with E-state index < -0.39 is 0 Å². The topological polar surface area (TPSA) is 97.1 Å². The van der Waals surface area contributed by atoms with Crippen molar-refractivity contribution >= 4 is 29.6 Å². The molecular weight excluding hydrogens is 376 g/mol. The zero-order valence-corrected chi connectivity index (χ0v) is 16.9. The molecule has 1 fully saturated rings. The van der Waals surface area contributed by atoms with E-state index in [0.717, 1.165) is 17.7 Å². The lowest BCUT2D eigenvalue weighted by Crippen LogP contribution is -2.36. The Balaban J connectivity index is 1.55. The summed E-state index contributed by atoms with van der Waals surface area (Å²) in [5.74, 6) is 0.329. The number of aromatic nitrogens is 2. The summed E-state index contributed by atoms with van der Waals surface area (Å²) in [6, 6.07) is 7.52. The first-order chi connectivity index (χ1) is 13.6. The molecule has 1 aliphatic carbocycles. The molecule has 1 heterocycles. The van der Waals surface area contributed by atoms with Gasteiger partial charge >= 0.3 is 6.01 Å². The molecule has 0 radical (unpaired) electrons. The molecule has 0 unspecified atom stereocenters. The van der Waals surface area contributed by atoms with E-state index in [1.807, 2.05) is 12.1 Å². The molecule has 7 nitrogen and oxygen atoms in total. The van der Waals surface area contributed by atoms with E-state index in [9.17, 15) is 9.59 Å². The predicted molar refractivity (Wildman–Crippen MR) is 108 cm³/mol. The second-order valence-electron chi connectivity index (χ2n) is 6.97. The third kappa shape index (κ3) is 6.09. The largest absolute Gasteiger partial charge is 0.408 e. The normalized spacial score (nSPS) is 15.5. The molecule has 1 aromatic heterocycles. The van der Waals surface area contributed by atoms with Gasteiger partial charge in [0, 0.05) is 17.9 Å².